The molecule has 4 saturated carbocycles. The van der Waals surface area contributed by atoms with E-state index in [1.807, 2.05) is 0 Å². The monoisotopic (exact) mass is 417 g/mol. The van der Waals surface area contributed by atoms with Crippen LogP contribution < -0.4 is 0 Å². The van der Waals surface area contributed by atoms with E-state index in [1.54, 1.807) is 0 Å². The molecule has 4 aliphatic carbocycles. The predicted octanol–water partition coefficient (Wildman–Crippen LogP) is 3.43. The van der Waals surface area contributed by atoms with Gasteiger partial charge in [-0.25, -0.2) is 0 Å². The molecule has 3 unspecified atom stereocenters. The van der Waals surface area contributed by atoms with Crippen LogP contribution in [0.4, 0.5) is 0 Å². The Balaban J connectivity index is 1.32. The van der Waals surface area contributed by atoms with Crippen LogP contribution in [0.2, 0.25) is 0 Å². The zero-order valence-corrected chi connectivity index (χ0v) is 19.0. The van der Waals surface area contributed by atoms with Crippen molar-refractivity contribution < 1.29 is 15.3 Å². The highest BCUT2D eigenvalue weighted by molar-refractivity contribution is 5.17. The molecule has 4 heteroatoms. The highest BCUT2D eigenvalue weighted by Crippen LogP contribution is 2.68. The molecule has 0 aromatic heterocycles. The zero-order chi connectivity index (χ0) is 20.8. The van der Waals surface area contributed by atoms with Gasteiger partial charge in [-0.2, -0.15) is 0 Å². The molecular formula is C26H43NO3. The molecule has 30 heavy (non-hydrogen) atoms. The second kappa shape index (κ2) is 6.92. The minimum atomic E-state index is -0.570. The number of piperidine rings is 2. The van der Waals surface area contributed by atoms with Crippen molar-refractivity contribution in [3.8, 4) is 0 Å². The van der Waals surface area contributed by atoms with Crippen LogP contribution in [0.1, 0.15) is 78.1 Å². The Morgan fingerprint density at radius 1 is 0.833 bits per heavy atom. The summed E-state index contributed by atoms with van der Waals surface area (Å²) >= 11 is 0. The summed E-state index contributed by atoms with van der Waals surface area (Å²) in [6.45, 7) is 7.36. The van der Waals surface area contributed by atoms with Crippen LogP contribution in [-0.2, 0) is 0 Å². The van der Waals surface area contributed by atoms with E-state index in [4.69, 9.17) is 0 Å². The molecule has 2 saturated heterocycles. The van der Waals surface area contributed by atoms with Crippen molar-refractivity contribution in [2.75, 3.05) is 13.1 Å². The van der Waals surface area contributed by atoms with Crippen molar-refractivity contribution in [2.45, 2.75) is 102 Å². The van der Waals surface area contributed by atoms with Gasteiger partial charge in [0.15, 0.2) is 0 Å². The molecule has 0 amide bonds. The smallest absolute Gasteiger partial charge is 0.0711 e. The number of hydrogen-bond acceptors (Lipinski definition) is 4. The van der Waals surface area contributed by atoms with Gasteiger partial charge < -0.3 is 15.3 Å². The number of nitrogens with zero attached hydrogens (tertiary/aromatic N) is 1. The minimum Gasteiger partial charge on any atom is -0.393 e. The van der Waals surface area contributed by atoms with Gasteiger partial charge >= 0.3 is 0 Å². The van der Waals surface area contributed by atoms with Gasteiger partial charge in [-0.15, -0.1) is 0 Å². The van der Waals surface area contributed by atoms with E-state index < -0.39 is 5.60 Å². The first-order valence-electron chi connectivity index (χ1n) is 13.2. The molecule has 0 bridgehead atoms. The van der Waals surface area contributed by atoms with Crippen molar-refractivity contribution in [1.29, 1.82) is 0 Å². The molecule has 6 fully saturated rings. The first-order chi connectivity index (χ1) is 14.3. The van der Waals surface area contributed by atoms with Crippen LogP contribution in [0.3, 0.4) is 0 Å². The Morgan fingerprint density at radius 2 is 1.67 bits per heavy atom. The number of rotatable bonds is 0. The van der Waals surface area contributed by atoms with Crippen LogP contribution in [0, 0.1) is 46.8 Å². The van der Waals surface area contributed by atoms with Crippen LogP contribution >= 0.6 is 0 Å². The predicted molar refractivity (Wildman–Crippen MR) is 117 cm³/mol. The number of hydrogen-bond donors (Lipinski definition) is 3. The Labute approximate surface area is 182 Å². The molecule has 6 rings (SSSR count). The second-order valence-electron chi connectivity index (χ2n) is 12.7. The standard InChI is InChI=1S/C26H43NO3/c1-15-17-7-9-26(30)19(18(17)14-27-10-4-3-5-23(15)27)12-20-21(26)13-24(29)22-11-16(28)6-8-25(20,22)2/h15-24,28-30H,3-14H2,1-2H3/t15-,16?,17-,18-,19+,20+,21-,22-,23+,24?,25?,26+/m1/s1. The van der Waals surface area contributed by atoms with Gasteiger partial charge in [-0.05, 0) is 111 Å². The summed E-state index contributed by atoms with van der Waals surface area (Å²) in [4.78, 5) is 2.79. The Bertz CT molecular complexity index is 685. The molecule has 4 nitrogen and oxygen atoms in total. The van der Waals surface area contributed by atoms with E-state index in [9.17, 15) is 15.3 Å². The molecule has 0 radical (unpaired) electrons. The largest absolute Gasteiger partial charge is 0.393 e. The maximum absolute atomic E-state index is 12.2. The molecule has 6 aliphatic rings. The van der Waals surface area contributed by atoms with Crippen LogP contribution in [0.15, 0.2) is 0 Å². The van der Waals surface area contributed by atoms with Gasteiger partial charge in [0.2, 0.25) is 0 Å². The highest BCUT2D eigenvalue weighted by atomic mass is 16.3. The highest BCUT2D eigenvalue weighted by Gasteiger charge is 2.67. The summed E-state index contributed by atoms with van der Waals surface area (Å²) in [6, 6.07) is 0.776. The zero-order valence-electron chi connectivity index (χ0n) is 19.0. The lowest BCUT2D eigenvalue weighted by atomic mass is 9.50. The van der Waals surface area contributed by atoms with Crippen LogP contribution in [0.25, 0.3) is 0 Å². The molecule has 2 heterocycles. The van der Waals surface area contributed by atoms with E-state index in [2.05, 4.69) is 18.7 Å². The number of aliphatic hydroxyl groups is 3. The average molecular weight is 418 g/mol. The van der Waals surface area contributed by atoms with E-state index in [1.165, 1.54) is 38.8 Å². The lowest BCUT2D eigenvalue weighted by Crippen LogP contribution is -2.61. The quantitative estimate of drug-likeness (QED) is 0.565. The van der Waals surface area contributed by atoms with Gasteiger partial charge in [-0.1, -0.05) is 20.3 Å². The molecule has 12 atom stereocenters. The first kappa shape index (κ1) is 20.4. The van der Waals surface area contributed by atoms with Gasteiger partial charge in [0.05, 0.1) is 17.8 Å². The van der Waals surface area contributed by atoms with Crippen LogP contribution in [-0.4, -0.2) is 57.2 Å². The third kappa shape index (κ3) is 2.66. The van der Waals surface area contributed by atoms with Crippen molar-refractivity contribution in [1.82, 2.24) is 4.90 Å². The van der Waals surface area contributed by atoms with Crippen molar-refractivity contribution >= 4 is 0 Å². The van der Waals surface area contributed by atoms with E-state index in [0.717, 1.165) is 56.4 Å². The van der Waals surface area contributed by atoms with Crippen LogP contribution in [0.5, 0.6) is 0 Å². The summed E-state index contributed by atoms with van der Waals surface area (Å²) < 4.78 is 0. The van der Waals surface area contributed by atoms with Crippen molar-refractivity contribution in [2.24, 2.45) is 46.8 Å². The summed E-state index contributed by atoms with van der Waals surface area (Å²) in [7, 11) is 0. The summed E-state index contributed by atoms with van der Waals surface area (Å²) in [6.07, 6.45) is 10.2. The molecule has 0 aromatic carbocycles. The molecule has 3 N–H and O–H groups in total. The number of aliphatic hydroxyl groups excluding tert-OH is 2. The average Bonchev–Trinajstić information content (AvgIpc) is 3.03. The lowest BCUT2D eigenvalue weighted by Gasteiger charge is -2.58. The molecule has 2 aliphatic heterocycles. The van der Waals surface area contributed by atoms with Gasteiger partial charge in [0.25, 0.3) is 0 Å². The third-order valence-corrected chi connectivity index (χ3v) is 11.8. The van der Waals surface area contributed by atoms with Crippen molar-refractivity contribution in [3.05, 3.63) is 0 Å². The fourth-order valence-corrected chi connectivity index (χ4v) is 10.3. The Morgan fingerprint density at radius 3 is 2.50 bits per heavy atom. The molecular weight excluding hydrogens is 374 g/mol. The summed E-state index contributed by atoms with van der Waals surface area (Å²) in [5, 5.41) is 33.7. The Hall–Kier alpha value is -0.160. The SMILES string of the molecule is C[C@@H]1[C@H]2CC[C@@]3(O)[C@@H]4CC(O)[C@H]5CC(O)CCC5(C)[C@H]4C[C@H]3[C@@H]2CN2CCCC[C@@H]12. The van der Waals surface area contributed by atoms with E-state index >= 15 is 0 Å². The molecule has 0 spiro atoms. The maximum Gasteiger partial charge on any atom is 0.0711 e. The lowest BCUT2D eigenvalue weighted by molar-refractivity contribution is -0.175. The van der Waals surface area contributed by atoms with E-state index in [-0.39, 0.29) is 29.5 Å². The van der Waals surface area contributed by atoms with E-state index in [0.29, 0.717) is 17.8 Å². The van der Waals surface area contributed by atoms with Gasteiger partial charge in [0.1, 0.15) is 0 Å². The summed E-state index contributed by atoms with van der Waals surface area (Å²) in [5.41, 5.74) is -0.489. The fraction of sp³-hybridized carbons (Fsp3) is 1.00. The van der Waals surface area contributed by atoms with Gasteiger partial charge in [-0.3, -0.25) is 4.90 Å². The maximum atomic E-state index is 12.2. The second-order valence-corrected chi connectivity index (χ2v) is 12.7. The molecule has 170 valence electrons. The molecule has 0 aromatic rings. The fourth-order valence-electron chi connectivity index (χ4n) is 10.3. The normalized spacial score (nSPS) is 60.7. The Kier molecular flexibility index (Phi) is 4.72. The topological polar surface area (TPSA) is 63.9 Å². The number of fused-ring (bicyclic) bond motifs is 8. The van der Waals surface area contributed by atoms with Crippen molar-refractivity contribution in [3.63, 3.8) is 0 Å². The minimum absolute atomic E-state index is 0.0814. The van der Waals surface area contributed by atoms with Gasteiger partial charge in [0, 0.05) is 12.6 Å². The first-order valence-corrected chi connectivity index (χ1v) is 13.2. The third-order valence-electron chi connectivity index (χ3n) is 11.8. The summed E-state index contributed by atoms with van der Waals surface area (Å²) in [5.74, 6) is 3.55.